The SMILES string of the molecule is COc1cnccc1Cn1ccc2nc(N)nc(NCc3cc(C)on3)c21. The van der Waals surface area contributed by atoms with Crippen LogP contribution in [0.2, 0.25) is 0 Å². The number of rotatable bonds is 6. The van der Waals surface area contributed by atoms with Gasteiger partial charge in [0.15, 0.2) is 5.82 Å². The molecule has 4 aromatic heterocycles. The lowest BCUT2D eigenvalue weighted by Crippen LogP contribution is -2.08. The third-order valence-electron chi connectivity index (χ3n) is 4.17. The van der Waals surface area contributed by atoms with Gasteiger partial charge in [-0.1, -0.05) is 5.16 Å². The van der Waals surface area contributed by atoms with Crippen molar-refractivity contribution in [1.29, 1.82) is 0 Å². The van der Waals surface area contributed by atoms with Gasteiger partial charge in [0, 0.05) is 24.0 Å². The molecule has 4 heterocycles. The summed E-state index contributed by atoms with van der Waals surface area (Å²) in [5.41, 5.74) is 9.26. The number of pyridine rings is 1. The first kappa shape index (κ1) is 16.8. The Labute approximate surface area is 155 Å². The number of nitrogen functional groups attached to an aromatic ring is 1. The van der Waals surface area contributed by atoms with Crippen molar-refractivity contribution in [3.63, 3.8) is 0 Å². The van der Waals surface area contributed by atoms with Gasteiger partial charge in [-0.2, -0.15) is 4.98 Å². The fourth-order valence-electron chi connectivity index (χ4n) is 2.96. The van der Waals surface area contributed by atoms with Crippen molar-refractivity contribution in [3.8, 4) is 5.75 Å². The molecule has 0 unspecified atom stereocenters. The van der Waals surface area contributed by atoms with Crippen LogP contribution in [0.3, 0.4) is 0 Å². The van der Waals surface area contributed by atoms with Gasteiger partial charge in [0.2, 0.25) is 5.95 Å². The van der Waals surface area contributed by atoms with Crippen LogP contribution >= 0.6 is 0 Å². The van der Waals surface area contributed by atoms with E-state index in [4.69, 9.17) is 15.0 Å². The fourth-order valence-corrected chi connectivity index (χ4v) is 2.96. The predicted molar refractivity (Wildman–Crippen MR) is 100 cm³/mol. The first-order chi connectivity index (χ1) is 13.1. The molecule has 0 aliphatic carbocycles. The van der Waals surface area contributed by atoms with Crippen molar-refractivity contribution >= 4 is 22.8 Å². The van der Waals surface area contributed by atoms with Crippen LogP contribution in [0.5, 0.6) is 5.75 Å². The van der Waals surface area contributed by atoms with Crippen molar-refractivity contribution in [3.05, 3.63) is 53.8 Å². The number of ether oxygens (including phenoxy) is 1. The molecule has 9 nitrogen and oxygen atoms in total. The molecule has 0 aliphatic heterocycles. The van der Waals surface area contributed by atoms with E-state index in [-0.39, 0.29) is 5.95 Å². The number of nitrogens with two attached hydrogens (primary N) is 1. The van der Waals surface area contributed by atoms with Gasteiger partial charge in [-0.15, -0.1) is 0 Å². The van der Waals surface area contributed by atoms with Crippen LogP contribution in [0.15, 0.2) is 41.3 Å². The highest BCUT2D eigenvalue weighted by atomic mass is 16.5. The normalized spacial score (nSPS) is 11.0. The molecule has 0 saturated heterocycles. The molecule has 9 heteroatoms. The number of nitrogens with one attached hydrogen (secondary N) is 1. The molecule has 0 aliphatic rings. The van der Waals surface area contributed by atoms with Crippen molar-refractivity contribution in [2.75, 3.05) is 18.2 Å². The van der Waals surface area contributed by atoms with Crippen LogP contribution in [-0.4, -0.2) is 31.8 Å². The monoisotopic (exact) mass is 365 g/mol. The van der Waals surface area contributed by atoms with Crippen LogP contribution in [-0.2, 0) is 13.1 Å². The van der Waals surface area contributed by atoms with E-state index >= 15 is 0 Å². The smallest absolute Gasteiger partial charge is 0.222 e. The van der Waals surface area contributed by atoms with E-state index in [1.54, 1.807) is 19.5 Å². The Morgan fingerprint density at radius 3 is 2.96 bits per heavy atom. The number of aryl methyl sites for hydroxylation is 1. The molecular weight excluding hydrogens is 346 g/mol. The van der Waals surface area contributed by atoms with E-state index in [9.17, 15) is 0 Å². The summed E-state index contributed by atoms with van der Waals surface area (Å²) in [5, 5.41) is 7.27. The molecule has 0 radical (unpaired) electrons. The first-order valence-electron chi connectivity index (χ1n) is 8.39. The highest BCUT2D eigenvalue weighted by molar-refractivity contribution is 5.87. The number of hydrogen-bond acceptors (Lipinski definition) is 8. The molecule has 4 rings (SSSR count). The minimum Gasteiger partial charge on any atom is -0.495 e. The Hall–Kier alpha value is -3.62. The lowest BCUT2D eigenvalue weighted by Gasteiger charge is -2.12. The Morgan fingerprint density at radius 1 is 1.30 bits per heavy atom. The minimum absolute atomic E-state index is 0.209. The fraction of sp³-hybridized carbons (Fsp3) is 0.222. The summed E-state index contributed by atoms with van der Waals surface area (Å²) in [7, 11) is 1.63. The maximum absolute atomic E-state index is 5.87. The molecule has 0 bridgehead atoms. The van der Waals surface area contributed by atoms with Gasteiger partial charge >= 0.3 is 0 Å². The van der Waals surface area contributed by atoms with Crippen LogP contribution in [0.4, 0.5) is 11.8 Å². The maximum atomic E-state index is 5.87. The van der Waals surface area contributed by atoms with Crippen LogP contribution < -0.4 is 15.8 Å². The minimum atomic E-state index is 0.209. The van der Waals surface area contributed by atoms with Gasteiger partial charge in [0.05, 0.1) is 31.9 Å². The highest BCUT2D eigenvalue weighted by Crippen LogP contribution is 2.26. The van der Waals surface area contributed by atoms with E-state index in [0.29, 0.717) is 18.9 Å². The van der Waals surface area contributed by atoms with E-state index in [0.717, 1.165) is 33.8 Å². The molecule has 0 atom stereocenters. The molecule has 0 saturated carbocycles. The van der Waals surface area contributed by atoms with Crippen molar-refractivity contribution in [1.82, 2.24) is 24.7 Å². The largest absolute Gasteiger partial charge is 0.495 e. The molecule has 0 aromatic carbocycles. The zero-order valence-corrected chi connectivity index (χ0v) is 15.0. The van der Waals surface area contributed by atoms with Crippen LogP contribution in [0, 0.1) is 6.92 Å². The summed E-state index contributed by atoms with van der Waals surface area (Å²) in [4.78, 5) is 12.8. The summed E-state index contributed by atoms with van der Waals surface area (Å²) in [6.07, 6.45) is 5.38. The molecular formula is C18H19N7O2. The van der Waals surface area contributed by atoms with E-state index in [1.807, 2.05) is 35.9 Å². The number of fused-ring (bicyclic) bond motifs is 1. The summed E-state index contributed by atoms with van der Waals surface area (Å²) in [6.45, 7) is 2.90. The van der Waals surface area contributed by atoms with Gasteiger partial charge in [0.1, 0.15) is 22.7 Å². The van der Waals surface area contributed by atoms with Gasteiger partial charge in [-0.3, -0.25) is 4.98 Å². The van der Waals surface area contributed by atoms with Gasteiger partial charge in [-0.05, 0) is 19.1 Å². The van der Waals surface area contributed by atoms with Crippen molar-refractivity contribution < 1.29 is 9.26 Å². The number of nitrogens with zero attached hydrogens (tertiary/aromatic N) is 5. The summed E-state index contributed by atoms with van der Waals surface area (Å²) in [6, 6.07) is 5.70. The molecule has 0 spiro atoms. The molecule has 0 fully saturated rings. The Kier molecular flexibility index (Phi) is 4.33. The number of aromatic nitrogens is 5. The zero-order valence-electron chi connectivity index (χ0n) is 15.0. The van der Waals surface area contributed by atoms with E-state index in [2.05, 4.69) is 25.4 Å². The second-order valence-electron chi connectivity index (χ2n) is 6.08. The molecule has 138 valence electrons. The van der Waals surface area contributed by atoms with Gasteiger partial charge in [-0.25, -0.2) is 4.98 Å². The molecule has 3 N–H and O–H groups in total. The quantitative estimate of drug-likeness (QED) is 0.535. The Balaban J connectivity index is 1.69. The summed E-state index contributed by atoms with van der Waals surface area (Å²) < 4.78 is 12.6. The van der Waals surface area contributed by atoms with Crippen molar-refractivity contribution in [2.24, 2.45) is 0 Å². The topological polar surface area (TPSA) is 117 Å². The highest BCUT2D eigenvalue weighted by Gasteiger charge is 2.14. The number of hydrogen-bond donors (Lipinski definition) is 2. The second kappa shape index (κ2) is 6.94. The average molecular weight is 365 g/mol. The average Bonchev–Trinajstić information content (AvgIpc) is 3.26. The third kappa shape index (κ3) is 3.39. The third-order valence-corrected chi connectivity index (χ3v) is 4.17. The van der Waals surface area contributed by atoms with E-state index in [1.165, 1.54) is 0 Å². The summed E-state index contributed by atoms with van der Waals surface area (Å²) >= 11 is 0. The molecule has 4 aromatic rings. The maximum Gasteiger partial charge on any atom is 0.222 e. The van der Waals surface area contributed by atoms with Gasteiger partial charge < -0.3 is 24.9 Å². The molecule has 0 amide bonds. The second-order valence-corrected chi connectivity index (χ2v) is 6.08. The van der Waals surface area contributed by atoms with Crippen molar-refractivity contribution in [2.45, 2.75) is 20.0 Å². The number of anilines is 2. The zero-order chi connectivity index (χ0) is 18.8. The lowest BCUT2D eigenvalue weighted by molar-refractivity contribution is 0.391. The first-order valence-corrected chi connectivity index (χ1v) is 8.39. The Morgan fingerprint density at radius 2 is 2.19 bits per heavy atom. The van der Waals surface area contributed by atoms with Crippen LogP contribution in [0.1, 0.15) is 17.0 Å². The number of methoxy groups -OCH3 is 1. The Bertz CT molecular complexity index is 1090. The standard InChI is InChI=1S/C18H19N7O2/c1-11-7-13(24-27-11)8-21-17-16-14(22-18(19)23-17)4-6-25(16)10-12-3-5-20-9-15(12)26-2/h3-7,9H,8,10H2,1-2H3,(H3,19,21,22,23). The van der Waals surface area contributed by atoms with Gasteiger partial charge in [0.25, 0.3) is 0 Å². The summed E-state index contributed by atoms with van der Waals surface area (Å²) in [5.74, 6) is 2.33. The molecule has 27 heavy (non-hydrogen) atoms. The van der Waals surface area contributed by atoms with Crippen LogP contribution in [0.25, 0.3) is 11.0 Å². The lowest BCUT2D eigenvalue weighted by atomic mass is 10.2. The van der Waals surface area contributed by atoms with E-state index < -0.39 is 0 Å². The predicted octanol–water partition coefficient (Wildman–Crippen LogP) is 2.37.